The van der Waals surface area contributed by atoms with E-state index in [9.17, 15) is 4.79 Å². The molecule has 0 atom stereocenters. The van der Waals surface area contributed by atoms with Gasteiger partial charge in [0.05, 0.1) is 11.3 Å². The highest BCUT2D eigenvalue weighted by atomic mass is 35.5. The smallest absolute Gasteiger partial charge is 0.259 e. The maximum absolute atomic E-state index is 12.2. The van der Waals surface area contributed by atoms with Gasteiger partial charge in [0, 0.05) is 22.8 Å². The Morgan fingerprint density at radius 3 is 2.60 bits per heavy atom. The van der Waals surface area contributed by atoms with E-state index in [0.29, 0.717) is 27.9 Å². The van der Waals surface area contributed by atoms with Crippen LogP contribution in [0.5, 0.6) is 0 Å². The van der Waals surface area contributed by atoms with Gasteiger partial charge in [0.2, 0.25) is 0 Å². The number of carbonyl (C=O) groups excluding carboxylic acids is 1. The maximum Gasteiger partial charge on any atom is 0.259 e. The SMILES string of the molecule is Cc1nc(C2CC2)ncc1C(=O)Nc1ccc(Cl)cc1. The molecular weight excluding hydrogens is 274 g/mol. The fraction of sp³-hybridized carbons (Fsp3) is 0.267. The van der Waals surface area contributed by atoms with Crippen molar-refractivity contribution >= 4 is 23.2 Å². The van der Waals surface area contributed by atoms with Crippen LogP contribution in [0.25, 0.3) is 0 Å². The lowest BCUT2D eigenvalue weighted by atomic mass is 10.2. The first kappa shape index (κ1) is 13.1. The summed E-state index contributed by atoms with van der Waals surface area (Å²) in [5.41, 5.74) is 1.92. The summed E-state index contributed by atoms with van der Waals surface area (Å²) in [6, 6.07) is 6.98. The first-order chi connectivity index (χ1) is 9.63. The van der Waals surface area contributed by atoms with Crippen molar-refractivity contribution in [3.8, 4) is 0 Å². The molecule has 20 heavy (non-hydrogen) atoms. The average Bonchev–Trinajstić information content (AvgIpc) is 3.25. The molecule has 0 radical (unpaired) electrons. The fourth-order valence-electron chi connectivity index (χ4n) is 1.98. The standard InChI is InChI=1S/C15H14ClN3O/c1-9-13(8-17-14(18-9)10-2-3-10)15(20)19-12-6-4-11(16)5-7-12/h4-8,10H,2-3H2,1H3,(H,19,20). The summed E-state index contributed by atoms with van der Waals surface area (Å²) in [6.45, 7) is 1.84. The molecule has 102 valence electrons. The minimum Gasteiger partial charge on any atom is -0.322 e. The van der Waals surface area contributed by atoms with E-state index in [1.807, 2.05) is 6.92 Å². The second-order valence-corrected chi connectivity index (χ2v) is 5.40. The number of halogens is 1. The van der Waals surface area contributed by atoms with Crippen molar-refractivity contribution in [3.05, 3.63) is 52.6 Å². The van der Waals surface area contributed by atoms with E-state index in [1.54, 1.807) is 30.5 Å². The summed E-state index contributed by atoms with van der Waals surface area (Å²) in [5, 5.41) is 3.45. The van der Waals surface area contributed by atoms with Gasteiger partial charge < -0.3 is 5.32 Å². The topological polar surface area (TPSA) is 54.9 Å². The first-order valence-corrected chi connectivity index (χ1v) is 6.92. The van der Waals surface area contributed by atoms with E-state index in [4.69, 9.17) is 11.6 Å². The number of amides is 1. The molecule has 5 heteroatoms. The van der Waals surface area contributed by atoms with Gasteiger partial charge in [-0.3, -0.25) is 4.79 Å². The number of nitrogens with zero attached hydrogens (tertiary/aromatic N) is 2. The Labute approximate surface area is 122 Å². The number of rotatable bonds is 3. The van der Waals surface area contributed by atoms with E-state index >= 15 is 0 Å². The quantitative estimate of drug-likeness (QED) is 0.939. The summed E-state index contributed by atoms with van der Waals surface area (Å²) in [6.07, 6.45) is 3.91. The number of carbonyl (C=O) groups is 1. The molecule has 2 aromatic rings. The molecule has 1 amide bonds. The molecular formula is C15H14ClN3O. The molecule has 1 aliphatic rings. The van der Waals surface area contributed by atoms with Gasteiger partial charge in [0.1, 0.15) is 5.82 Å². The molecule has 1 aliphatic carbocycles. The highest BCUT2D eigenvalue weighted by molar-refractivity contribution is 6.30. The van der Waals surface area contributed by atoms with Crippen molar-refractivity contribution in [2.45, 2.75) is 25.7 Å². The second-order valence-electron chi connectivity index (χ2n) is 4.96. The molecule has 0 bridgehead atoms. The molecule has 1 saturated carbocycles. The van der Waals surface area contributed by atoms with E-state index in [0.717, 1.165) is 18.7 Å². The molecule has 4 nitrogen and oxygen atoms in total. The summed E-state index contributed by atoms with van der Waals surface area (Å²) >= 11 is 5.81. The van der Waals surface area contributed by atoms with E-state index < -0.39 is 0 Å². The monoisotopic (exact) mass is 287 g/mol. The molecule has 0 spiro atoms. The van der Waals surface area contributed by atoms with Crippen LogP contribution in [0.15, 0.2) is 30.5 Å². The van der Waals surface area contributed by atoms with Crippen molar-refractivity contribution in [2.75, 3.05) is 5.32 Å². The van der Waals surface area contributed by atoms with Gasteiger partial charge in [-0.25, -0.2) is 9.97 Å². The van der Waals surface area contributed by atoms with Gasteiger partial charge in [-0.15, -0.1) is 0 Å². The zero-order chi connectivity index (χ0) is 14.1. The Morgan fingerprint density at radius 1 is 1.30 bits per heavy atom. The largest absolute Gasteiger partial charge is 0.322 e. The number of aromatic nitrogens is 2. The molecule has 1 aromatic heterocycles. The van der Waals surface area contributed by atoms with Crippen LogP contribution in [0.2, 0.25) is 5.02 Å². The van der Waals surface area contributed by atoms with Crippen LogP contribution in [-0.4, -0.2) is 15.9 Å². The van der Waals surface area contributed by atoms with Crippen LogP contribution in [0.4, 0.5) is 5.69 Å². The normalized spacial score (nSPS) is 14.1. The number of hydrogen-bond donors (Lipinski definition) is 1. The molecule has 1 N–H and O–H groups in total. The summed E-state index contributed by atoms with van der Waals surface area (Å²) in [7, 11) is 0. The van der Waals surface area contributed by atoms with Gasteiger partial charge in [-0.2, -0.15) is 0 Å². The van der Waals surface area contributed by atoms with Crippen LogP contribution >= 0.6 is 11.6 Å². The second kappa shape index (κ2) is 5.21. The van der Waals surface area contributed by atoms with Crippen LogP contribution in [0.3, 0.4) is 0 Å². The van der Waals surface area contributed by atoms with Gasteiger partial charge in [-0.1, -0.05) is 11.6 Å². The first-order valence-electron chi connectivity index (χ1n) is 6.54. The van der Waals surface area contributed by atoms with Gasteiger partial charge >= 0.3 is 0 Å². The lowest BCUT2D eigenvalue weighted by Gasteiger charge is -2.08. The van der Waals surface area contributed by atoms with Gasteiger partial charge in [0.15, 0.2) is 0 Å². The Balaban J connectivity index is 1.78. The van der Waals surface area contributed by atoms with Crippen LogP contribution in [0.1, 0.15) is 40.6 Å². The van der Waals surface area contributed by atoms with E-state index in [-0.39, 0.29) is 5.91 Å². The van der Waals surface area contributed by atoms with Crippen molar-refractivity contribution in [1.29, 1.82) is 0 Å². The molecule has 1 aromatic carbocycles. The van der Waals surface area contributed by atoms with Gasteiger partial charge in [-0.05, 0) is 44.0 Å². The predicted octanol–water partition coefficient (Wildman–Crippen LogP) is 3.57. The third-order valence-electron chi connectivity index (χ3n) is 3.29. The fourth-order valence-corrected chi connectivity index (χ4v) is 2.10. The summed E-state index contributed by atoms with van der Waals surface area (Å²) in [4.78, 5) is 20.9. The molecule has 0 unspecified atom stereocenters. The number of anilines is 1. The summed E-state index contributed by atoms with van der Waals surface area (Å²) < 4.78 is 0. The van der Waals surface area contributed by atoms with Crippen molar-refractivity contribution in [2.24, 2.45) is 0 Å². The van der Waals surface area contributed by atoms with Crippen molar-refractivity contribution < 1.29 is 4.79 Å². The lowest BCUT2D eigenvalue weighted by molar-refractivity contribution is 0.102. The van der Waals surface area contributed by atoms with Crippen molar-refractivity contribution in [3.63, 3.8) is 0 Å². The van der Waals surface area contributed by atoms with E-state index in [2.05, 4.69) is 15.3 Å². The number of aryl methyl sites for hydroxylation is 1. The van der Waals surface area contributed by atoms with E-state index in [1.165, 1.54) is 0 Å². The molecule has 3 rings (SSSR count). The van der Waals surface area contributed by atoms with Crippen LogP contribution in [0, 0.1) is 6.92 Å². The molecule has 0 saturated heterocycles. The summed E-state index contributed by atoms with van der Waals surface area (Å²) in [5.74, 6) is 1.14. The highest BCUT2D eigenvalue weighted by Gasteiger charge is 2.27. The Bertz CT molecular complexity index is 651. The minimum absolute atomic E-state index is 0.202. The van der Waals surface area contributed by atoms with Crippen LogP contribution in [-0.2, 0) is 0 Å². The predicted molar refractivity (Wildman–Crippen MR) is 78.1 cm³/mol. The molecule has 0 aliphatic heterocycles. The average molecular weight is 288 g/mol. The zero-order valence-electron chi connectivity index (χ0n) is 11.1. The van der Waals surface area contributed by atoms with Crippen LogP contribution < -0.4 is 5.32 Å². The number of hydrogen-bond acceptors (Lipinski definition) is 3. The number of benzene rings is 1. The molecule has 1 heterocycles. The Morgan fingerprint density at radius 2 is 2.00 bits per heavy atom. The minimum atomic E-state index is -0.202. The number of nitrogens with one attached hydrogen (secondary N) is 1. The zero-order valence-corrected chi connectivity index (χ0v) is 11.8. The van der Waals surface area contributed by atoms with Crippen molar-refractivity contribution in [1.82, 2.24) is 9.97 Å². The maximum atomic E-state index is 12.2. The highest BCUT2D eigenvalue weighted by Crippen LogP contribution is 2.37. The third kappa shape index (κ3) is 2.80. The third-order valence-corrected chi connectivity index (χ3v) is 3.54. The Hall–Kier alpha value is -1.94. The molecule has 1 fully saturated rings. The Kier molecular flexibility index (Phi) is 3.40. The van der Waals surface area contributed by atoms with Gasteiger partial charge in [0.25, 0.3) is 5.91 Å². The lowest BCUT2D eigenvalue weighted by Crippen LogP contribution is -2.15.